The van der Waals surface area contributed by atoms with Crippen LogP contribution in [0.3, 0.4) is 0 Å². The smallest absolute Gasteiger partial charge is 0.193 e. The molecule has 0 aromatic rings. The van der Waals surface area contributed by atoms with Gasteiger partial charge in [-0.25, -0.2) is 0 Å². The number of rotatable bonds is 14. The molecule has 1 fully saturated rings. The summed E-state index contributed by atoms with van der Waals surface area (Å²) >= 11 is 0. The summed E-state index contributed by atoms with van der Waals surface area (Å²) in [6, 6.07) is 0. The summed E-state index contributed by atoms with van der Waals surface area (Å²) in [5.74, 6) is 0. The Hall–Kier alpha value is -0.506. The van der Waals surface area contributed by atoms with Crippen molar-refractivity contribution in [2.24, 2.45) is 0 Å². The first-order valence-corrected chi connectivity index (χ1v) is 20.3. The van der Waals surface area contributed by atoms with Gasteiger partial charge in [0, 0.05) is 6.61 Å². The topological polar surface area (TPSA) is 47.9 Å². The molecule has 4 atom stereocenters. The van der Waals surface area contributed by atoms with Crippen LogP contribution in [0.5, 0.6) is 0 Å². The Labute approximate surface area is 232 Å². The number of allylic oxidation sites excluding steroid dienone is 2. The van der Waals surface area contributed by atoms with Crippen molar-refractivity contribution in [3.05, 3.63) is 36.0 Å². The van der Waals surface area contributed by atoms with E-state index in [1.807, 2.05) is 12.2 Å². The predicted octanol–water partition coefficient (Wildman–Crippen LogP) is 8.95. The number of hydrogen-bond donors (Lipinski definition) is 1. The fourth-order valence-electron chi connectivity index (χ4n) is 3.90. The van der Waals surface area contributed by atoms with Crippen LogP contribution in [0.15, 0.2) is 36.0 Å². The number of aliphatic hydroxyl groups excluding tert-OH is 1. The third-order valence-corrected chi connectivity index (χ3v) is 17.7. The lowest BCUT2D eigenvalue weighted by Gasteiger charge is -2.40. The first-order valence-electron chi connectivity index (χ1n) is 14.5. The van der Waals surface area contributed by atoms with Crippen molar-refractivity contribution in [3.8, 4) is 0 Å². The van der Waals surface area contributed by atoms with E-state index in [1.54, 1.807) is 0 Å². The fourth-order valence-corrected chi connectivity index (χ4v) is 6.25. The number of aliphatic hydroxyl groups is 1. The summed E-state index contributed by atoms with van der Waals surface area (Å²) in [4.78, 5) is 0. The van der Waals surface area contributed by atoms with E-state index in [0.717, 1.165) is 56.3 Å². The molecular formula is C31H60O4Si2. The molecule has 1 rings (SSSR count). The number of ether oxygens (including phenoxy) is 1. The second kappa shape index (κ2) is 14.2. The average molecular weight is 553 g/mol. The molecule has 1 aliphatic rings. The van der Waals surface area contributed by atoms with E-state index in [-0.39, 0.29) is 28.4 Å². The van der Waals surface area contributed by atoms with Crippen molar-refractivity contribution < 1.29 is 18.7 Å². The van der Waals surface area contributed by atoms with E-state index >= 15 is 0 Å². The maximum absolute atomic E-state index is 10.8. The van der Waals surface area contributed by atoms with Crippen LogP contribution >= 0.6 is 0 Å². The van der Waals surface area contributed by atoms with Gasteiger partial charge in [0.05, 0.1) is 24.4 Å². The third-order valence-electron chi connectivity index (χ3n) is 8.75. The van der Waals surface area contributed by atoms with Gasteiger partial charge in [-0.3, -0.25) is 0 Å². The highest BCUT2D eigenvalue weighted by molar-refractivity contribution is 6.74. The molecule has 216 valence electrons. The first-order chi connectivity index (χ1) is 16.8. The van der Waals surface area contributed by atoms with E-state index in [4.69, 9.17) is 13.6 Å². The zero-order chi connectivity index (χ0) is 28.7. The highest BCUT2D eigenvalue weighted by Crippen LogP contribution is 2.39. The van der Waals surface area contributed by atoms with E-state index in [0.29, 0.717) is 0 Å². The van der Waals surface area contributed by atoms with Crippen molar-refractivity contribution in [2.75, 3.05) is 6.61 Å². The predicted molar refractivity (Wildman–Crippen MR) is 165 cm³/mol. The largest absolute Gasteiger partial charge is 0.417 e. The molecule has 1 aliphatic heterocycles. The maximum atomic E-state index is 10.8. The normalized spacial score (nSPS) is 22.0. The lowest BCUT2D eigenvalue weighted by Crippen LogP contribution is -2.44. The molecule has 0 spiro atoms. The van der Waals surface area contributed by atoms with Gasteiger partial charge in [0.2, 0.25) is 0 Å². The van der Waals surface area contributed by atoms with Gasteiger partial charge in [0.25, 0.3) is 0 Å². The number of hydrogen-bond acceptors (Lipinski definition) is 4. The van der Waals surface area contributed by atoms with Crippen LogP contribution in [-0.4, -0.2) is 52.8 Å². The average Bonchev–Trinajstić information content (AvgIpc) is 3.23. The Morgan fingerprint density at radius 1 is 1.05 bits per heavy atom. The van der Waals surface area contributed by atoms with E-state index in [1.165, 1.54) is 0 Å². The van der Waals surface area contributed by atoms with Crippen molar-refractivity contribution in [1.29, 1.82) is 0 Å². The molecule has 0 saturated carbocycles. The lowest BCUT2D eigenvalue weighted by atomic mass is 9.99. The summed E-state index contributed by atoms with van der Waals surface area (Å²) < 4.78 is 19.3. The summed E-state index contributed by atoms with van der Waals surface area (Å²) in [7, 11) is -3.69. The van der Waals surface area contributed by atoms with Crippen LogP contribution in [0.4, 0.5) is 0 Å². The van der Waals surface area contributed by atoms with Gasteiger partial charge in [-0.2, -0.15) is 0 Å². The van der Waals surface area contributed by atoms with Crippen molar-refractivity contribution in [2.45, 2.75) is 155 Å². The van der Waals surface area contributed by atoms with E-state index in [9.17, 15) is 5.11 Å². The fraction of sp³-hybridized carbons (Fsp3) is 0.806. The molecule has 1 saturated heterocycles. The summed E-state index contributed by atoms with van der Waals surface area (Å²) in [5, 5.41) is 11.1. The molecule has 4 nitrogen and oxygen atoms in total. The molecule has 1 N–H and O–H groups in total. The second-order valence-electron chi connectivity index (χ2n) is 14.1. The Bertz CT molecular complexity index is 771. The zero-order valence-corrected chi connectivity index (χ0v) is 28.4. The van der Waals surface area contributed by atoms with Crippen LogP contribution in [0.1, 0.15) is 93.9 Å². The minimum Gasteiger partial charge on any atom is -0.417 e. The zero-order valence-electron chi connectivity index (χ0n) is 26.4. The first kappa shape index (κ1) is 34.5. The SMILES string of the molecule is C=C(CCCC)[C@H](O[Si](C)(C)C(C)(C)C)/C(C)=C/C=C[C@@H](O)[C@H]1CC[C@H](CCO[Si](C)(C)C(C)(C)C)O1. The van der Waals surface area contributed by atoms with Gasteiger partial charge in [0.15, 0.2) is 16.6 Å². The lowest BCUT2D eigenvalue weighted by molar-refractivity contribution is -0.0219. The van der Waals surface area contributed by atoms with E-state index in [2.05, 4.69) is 94.2 Å². The van der Waals surface area contributed by atoms with Crippen molar-refractivity contribution in [1.82, 2.24) is 0 Å². The highest BCUT2D eigenvalue weighted by Gasteiger charge is 2.40. The Morgan fingerprint density at radius 2 is 1.65 bits per heavy atom. The van der Waals surface area contributed by atoms with Crippen LogP contribution in [-0.2, 0) is 13.6 Å². The standard InChI is InChI=1S/C31H60O4Si2/c1-14-15-17-24(2)29(35-37(12,13)31(7,8)9)25(3)18-16-19-27(32)28-21-20-26(34-28)22-23-33-36(10,11)30(4,5)6/h16,18-19,26-29,32H,2,14-15,17,20-23H2,1,3-13H3/b19-16?,25-18+/t26-,27-,28-,29+/m1/s1. The van der Waals surface area contributed by atoms with Crippen molar-refractivity contribution in [3.63, 3.8) is 0 Å². The molecular weight excluding hydrogens is 493 g/mol. The highest BCUT2D eigenvalue weighted by atomic mass is 28.4. The second-order valence-corrected chi connectivity index (χ2v) is 23.6. The summed E-state index contributed by atoms with van der Waals surface area (Å²) in [5.41, 5.74) is 2.29. The third kappa shape index (κ3) is 10.9. The summed E-state index contributed by atoms with van der Waals surface area (Å²) in [6.45, 7) is 32.3. The van der Waals surface area contributed by atoms with Gasteiger partial charge in [-0.1, -0.05) is 79.7 Å². The van der Waals surface area contributed by atoms with Crippen LogP contribution < -0.4 is 0 Å². The molecule has 0 amide bonds. The maximum Gasteiger partial charge on any atom is 0.193 e. The van der Waals surface area contributed by atoms with Gasteiger partial charge < -0.3 is 18.7 Å². The number of unbranched alkanes of at least 4 members (excludes halogenated alkanes) is 1. The van der Waals surface area contributed by atoms with Gasteiger partial charge >= 0.3 is 0 Å². The van der Waals surface area contributed by atoms with Crippen LogP contribution in [0, 0.1) is 0 Å². The molecule has 0 aliphatic carbocycles. The quantitative estimate of drug-likeness (QED) is 0.133. The Kier molecular flexibility index (Phi) is 13.3. The molecule has 37 heavy (non-hydrogen) atoms. The van der Waals surface area contributed by atoms with Crippen LogP contribution in [0.25, 0.3) is 0 Å². The summed E-state index contributed by atoms with van der Waals surface area (Å²) in [6.07, 6.45) is 11.2. The molecule has 0 aromatic carbocycles. The molecule has 0 radical (unpaired) electrons. The molecule has 6 heteroatoms. The minimum atomic E-state index is -1.96. The van der Waals surface area contributed by atoms with Gasteiger partial charge in [0.1, 0.15) is 0 Å². The van der Waals surface area contributed by atoms with Gasteiger partial charge in [-0.15, -0.1) is 0 Å². The molecule has 0 unspecified atom stereocenters. The van der Waals surface area contributed by atoms with Crippen LogP contribution in [0.2, 0.25) is 36.3 Å². The van der Waals surface area contributed by atoms with Gasteiger partial charge in [-0.05, 0) is 86.4 Å². The Balaban J connectivity index is 2.75. The minimum absolute atomic E-state index is 0.0813. The van der Waals surface area contributed by atoms with Crippen molar-refractivity contribution >= 4 is 16.6 Å². The molecule has 0 aromatic heterocycles. The van der Waals surface area contributed by atoms with E-state index < -0.39 is 22.7 Å². The monoisotopic (exact) mass is 552 g/mol. The molecule has 1 heterocycles. The Morgan fingerprint density at radius 3 is 2.19 bits per heavy atom. The molecule has 0 bridgehead atoms.